The van der Waals surface area contributed by atoms with Gasteiger partial charge in [-0.2, -0.15) is 5.10 Å². The molecule has 1 heterocycles. The summed E-state index contributed by atoms with van der Waals surface area (Å²) < 4.78 is 2.10. The van der Waals surface area contributed by atoms with Crippen molar-refractivity contribution in [2.24, 2.45) is 4.99 Å². The number of aliphatic imine (C=N–C) groups is 1. The maximum absolute atomic E-state index is 4.79. The highest BCUT2D eigenvalue weighted by molar-refractivity contribution is 14.0. The van der Waals surface area contributed by atoms with Crippen molar-refractivity contribution in [3.63, 3.8) is 0 Å². The monoisotopic (exact) mass is 507 g/mol. The second-order valence-electron chi connectivity index (χ2n) is 8.50. The van der Waals surface area contributed by atoms with Crippen molar-refractivity contribution in [3.8, 4) is 0 Å². The third-order valence-electron chi connectivity index (χ3n) is 6.20. The molecule has 29 heavy (non-hydrogen) atoms. The summed E-state index contributed by atoms with van der Waals surface area (Å²) in [5.74, 6) is 1.49. The van der Waals surface area contributed by atoms with Crippen LogP contribution in [0.15, 0.2) is 35.5 Å². The molecule has 4 rings (SSSR count). The summed E-state index contributed by atoms with van der Waals surface area (Å²) in [6.45, 7) is 5.31. The van der Waals surface area contributed by atoms with Gasteiger partial charge in [0, 0.05) is 44.2 Å². The van der Waals surface area contributed by atoms with E-state index in [9.17, 15) is 0 Å². The van der Waals surface area contributed by atoms with Crippen molar-refractivity contribution in [3.05, 3.63) is 52.8 Å². The van der Waals surface area contributed by atoms with Crippen LogP contribution in [0.1, 0.15) is 67.5 Å². The van der Waals surface area contributed by atoms with Crippen LogP contribution >= 0.6 is 24.0 Å². The fraction of sp³-hybridized carbons (Fsp3) is 0.565. The van der Waals surface area contributed by atoms with E-state index in [0.717, 1.165) is 31.8 Å². The average molecular weight is 507 g/mol. The number of benzene rings is 1. The van der Waals surface area contributed by atoms with Gasteiger partial charge in [-0.25, -0.2) is 0 Å². The summed E-state index contributed by atoms with van der Waals surface area (Å²) in [5.41, 5.74) is 5.69. The van der Waals surface area contributed by atoms with E-state index in [1.165, 1.54) is 41.6 Å². The smallest absolute Gasteiger partial charge is 0.191 e. The van der Waals surface area contributed by atoms with Crippen molar-refractivity contribution in [2.45, 2.75) is 70.4 Å². The molecule has 2 aromatic rings. The largest absolute Gasteiger partial charge is 0.356 e. The first-order valence-electron chi connectivity index (χ1n) is 10.8. The van der Waals surface area contributed by atoms with Crippen LogP contribution in [-0.4, -0.2) is 35.4 Å². The molecule has 2 N–H and O–H groups in total. The van der Waals surface area contributed by atoms with Crippen LogP contribution < -0.4 is 10.6 Å². The highest BCUT2D eigenvalue weighted by Crippen LogP contribution is 2.30. The molecule has 0 bridgehead atoms. The van der Waals surface area contributed by atoms with Crippen LogP contribution in [0.3, 0.4) is 0 Å². The molecule has 1 aromatic carbocycles. The molecule has 0 saturated heterocycles. The molecule has 158 valence electrons. The van der Waals surface area contributed by atoms with Gasteiger partial charge in [-0.3, -0.25) is 9.67 Å². The summed E-state index contributed by atoms with van der Waals surface area (Å²) >= 11 is 0. The van der Waals surface area contributed by atoms with E-state index >= 15 is 0 Å². The van der Waals surface area contributed by atoms with Gasteiger partial charge in [-0.05, 0) is 62.6 Å². The first-order valence-corrected chi connectivity index (χ1v) is 10.8. The van der Waals surface area contributed by atoms with Gasteiger partial charge in [-0.1, -0.05) is 24.3 Å². The first kappa shape index (κ1) is 22.1. The molecule has 0 spiro atoms. The molecule has 0 saturated carbocycles. The number of aryl methyl sites for hydroxylation is 2. The Balaban J connectivity index is 0.00000240. The lowest BCUT2D eigenvalue weighted by molar-refractivity contribution is 0.494. The number of hydrogen-bond donors (Lipinski definition) is 2. The SMILES string of the molecule is CN=C(NCC1CCCc2ccccc21)NC1CCc2cn(C(C)C)nc2C1.I. The quantitative estimate of drug-likeness (QED) is 0.370. The summed E-state index contributed by atoms with van der Waals surface area (Å²) in [6, 6.07) is 9.72. The molecule has 1 aromatic heterocycles. The van der Waals surface area contributed by atoms with E-state index in [4.69, 9.17) is 5.10 Å². The maximum Gasteiger partial charge on any atom is 0.191 e. The van der Waals surface area contributed by atoms with E-state index in [2.05, 4.69) is 64.6 Å². The average Bonchev–Trinajstić information content (AvgIpc) is 3.15. The number of rotatable bonds is 4. The normalized spacial score (nSPS) is 21.2. The molecule has 5 nitrogen and oxygen atoms in total. The van der Waals surface area contributed by atoms with Crippen LogP contribution in [0.5, 0.6) is 0 Å². The van der Waals surface area contributed by atoms with E-state index in [0.29, 0.717) is 18.0 Å². The highest BCUT2D eigenvalue weighted by Gasteiger charge is 2.24. The van der Waals surface area contributed by atoms with Crippen LogP contribution in [0, 0.1) is 0 Å². The Hall–Kier alpha value is -1.57. The lowest BCUT2D eigenvalue weighted by atomic mass is 9.83. The van der Waals surface area contributed by atoms with Crippen LogP contribution in [-0.2, 0) is 19.3 Å². The molecule has 0 aliphatic heterocycles. The van der Waals surface area contributed by atoms with Gasteiger partial charge in [-0.15, -0.1) is 24.0 Å². The summed E-state index contributed by atoms with van der Waals surface area (Å²) in [6.07, 6.45) is 9.16. The van der Waals surface area contributed by atoms with E-state index in [1.54, 1.807) is 0 Å². The fourth-order valence-electron chi connectivity index (χ4n) is 4.57. The molecule has 2 aliphatic rings. The number of hydrogen-bond acceptors (Lipinski definition) is 2. The minimum atomic E-state index is 0. The van der Waals surface area contributed by atoms with Crippen molar-refractivity contribution >= 4 is 29.9 Å². The Morgan fingerprint density at radius 2 is 2.03 bits per heavy atom. The Kier molecular flexibility index (Phi) is 7.60. The number of nitrogens with zero attached hydrogens (tertiary/aromatic N) is 3. The second-order valence-corrected chi connectivity index (χ2v) is 8.50. The maximum atomic E-state index is 4.79. The molecule has 0 radical (unpaired) electrons. The number of halogens is 1. The van der Waals surface area contributed by atoms with Crippen molar-refractivity contribution in [1.82, 2.24) is 20.4 Å². The van der Waals surface area contributed by atoms with Gasteiger partial charge < -0.3 is 10.6 Å². The predicted octanol–water partition coefficient (Wildman–Crippen LogP) is 4.22. The molecule has 2 unspecified atom stereocenters. The number of nitrogens with one attached hydrogen (secondary N) is 2. The lowest BCUT2D eigenvalue weighted by Gasteiger charge is -2.28. The fourth-order valence-corrected chi connectivity index (χ4v) is 4.57. The van der Waals surface area contributed by atoms with E-state index in [1.807, 2.05) is 7.05 Å². The zero-order chi connectivity index (χ0) is 19.5. The third-order valence-corrected chi connectivity index (χ3v) is 6.20. The molecular formula is C23H34IN5. The molecule has 2 atom stereocenters. The summed E-state index contributed by atoms with van der Waals surface area (Å²) in [4.78, 5) is 4.48. The van der Waals surface area contributed by atoms with E-state index in [-0.39, 0.29) is 24.0 Å². The molecule has 2 aliphatic carbocycles. The van der Waals surface area contributed by atoms with Crippen molar-refractivity contribution in [1.29, 1.82) is 0 Å². The standard InChI is InChI=1S/C23H33N5.HI/c1-16(2)28-15-19-11-12-20(13-22(19)27-28)26-23(24-3)25-14-18-9-6-8-17-7-4-5-10-21(17)18;/h4-5,7,10,15-16,18,20H,6,8-9,11-14H2,1-3H3,(H2,24,25,26);1H. The molecule has 0 amide bonds. The minimum Gasteiger partial charge on any atom is -0.356 e. The zero-order valence-corrected chi connectivity index (χ0v) is 20.1. The predicted molar refractivity (Wildman–Crippen MR) is 130 cm³/mol. The number of aromatic nitrogens is 2. The van der Waals surface area contributed by atoms with Crippen LogP contribution in [0.2, 0.25) is 0 Å². The van der Waals surface area contributed by atoms with Crippen LogP contribution in [0.4, 0.5) is 0 Å². The Labute approximate surface area is 191 Å². The van der Waals surface area contributed by atoms with Gasteiger partial charge in [0.05, 0.1) is 5.69 Å². The van der Waals surface area contributed by atoms with Gasteiger partial charge in [0.15, 0.2) is 5.96 Å². The summed E-state index contributed by atoms with van der Waals surface area (Å²) in [7, 11) is 1.87. The van der Waals surface area contributed by atoms with Gasteiger partial charge in [0.25, 0.3) is 0 Å². The Morgan fingerprint density at radius 1 is 1.21 bits per heavy atom. The summed E-state index contributed by atoms with van der Waals surface area (Å²) in [5, 5.41) is 12.0. The van der Waals surface area contributed by atoms with Crippen LogP contribution in [0.25, 0.3) is 0 Å². The number of fused-ring (bicyclic) bond motifs is 2. The minimum absolute atomic E-state index is 0. The molecular weight excluding hydrogens is 473 g/mol. The topological polar surface area (TPSA) is 54.2 Å². The van der Waals surface area contributed by atoms with E-state index < -0.39 is 0 Å². The Morgan fingerprint density at radius 3 is 2.83 bits per heavy atom. The lowest BCUT2D eigenvalue weighted by Crippen LogP contribution is -2.46. The van der Waals surface area contributed by atoms with Crippen molar-refractivity contribution < 1.29 is 0 Å². The van der Waals surface area contributed by atoms with Crippen molar-refractivity contribution in [2.75, 3.05) is 13.6 Å². The zero-order valence-electron chi connectivity index (χ0n) is 17.8. The molecule has 0 fully saturated rings. The first-order chi connectivity index (χ1) is 13.6. The number of guanidine groups is 1. The Bertz CT molecular complexity index is 842. The molecule has 6 heteroatoms. The second kappa shape index (κ2) is 9.96. The highest BCUT2D eigenvalue weighted by atomic mass is 127. The van der Waals surface area contributed by atoms with Gasteiger partial charge in [0.2, 0.25) is 0 Å². The third kappa shape index (κ3) is 5.13. The van der Waals surface area contributed by atoms with Gasteiger partial charge >= 0.3 is 0 Å². The van der Waals surface area contributed by atoms with Gasteiger partial charge in [0.1, 0.15) is 0 Å².